The number of aliphatic hydroxyl groups is 1. The summed E-state index contributed by atoms with van der Waals surface area (Å²) < 4.78 is 0. The van der Waals surface area contributed by atoms with Crippen molar-refractivity contribution in [2.45, 2.75) is 32.3 Å². The van der Waals surface area contributed by atoms with Gasteiger partial charge in [-0.25, -0.2) is 0 Å². The summed E-state index contributed by atoms with van der Waals surface area (Å²) in [5, 5.41) is 10.5. The highest BCUT2D eigenvalue weighted by Gasteiger charge is 2.33. The van der Waals surface area contributed by atoms with Crippen LogP contribution >= 0.6 is 0 Å². The lowest BCUT2D eigenvalue weighted by Crippen LogP contribution is -2.29. The Morgan fingerprint density at radius 3 is 2.33 bits per heavy atom. The first kappa shape index (κ1) is 10.4. The van der Waals surface area contributed by atoms with Gasteiger partial charge in [0.1, 0.15) is 5.60 Å². The molecule has 1 aromatic heterocycles. The number of aromatic nitrogens is 1. The fourth-order valence-corrected chi connectivity index (χ4v) is 1.92. The Kier molecular flexibility index (Phi) is 2.39. The van der Waals surface area contributed by atoms with Gasteiger partial charge in [0, 0.05) is 12.4 Å². The molecular formula is C13H17NO. The van der Waals surface area contributed by atoms with E-state index in [1.165, 1.54) is 0 Å². The minimum Gasteiger partial charge on any atom is -0.381 e. The summed E-state index contributed by atoms with van der Waals surface area (Å²) in [6.07, 6.45) is 9.26. The van der Waals surface area contributed by atoms with Gasteiger partial charge in [-0.2, -0.15) is 0 Å². The van der Waals surface area contributed by atoms with Crippen molar-refractivity contribution in [1.82, 2.24) is 4.98 Å². The lowest BCUT2D eigenvalue weighted by molar-refractivity contribution is 0.0580. The van der Waals surface area contributed by atoms with Gasteiger partial charge in [-0.05, 0) is 36.0 Å². The Hall–Kier alpha value is -1.15. The highest BCUT2D eigenvalue weighted by Crippen LogP contribution is 2.39. The second-order valence-corrected chi connectivity index (χ2v) is 4.98. The molecule has 0 bridgehead atoms. The maximum atomic E-state index is 10.5. The number of hydrogen-bond donors (Lipinski definition) is 1. The second-order valence-electron chi connectivity index (χ2n) is 4.98. The first-order valence-corrected chi connectivity index (χ1v) is 5.35. The Morgan fingerprint density at radius 1 is 1.13 bits per heavy atom. The van der Waals surface area contributed by atoms with Crippen LogP contribution in [-0.4, -0.2) is 10.1 Å². The fraction of sp³-hybridized carbons (Fsp3) is 0.462. The molecule has 80 valence electrons. The molecule has 15 heavy (non-hydrogen) atoms. The molecule has 0 saturated heterocycles. The Labute approximate surface area is 90.7 Å². The third-order valence-electron chi connectivity index (χ3n) is 3.14. The molecule has 1 N–H and O–H groups in total. The number of allylic oxidation sites excluding steroid dienone is 1. The van der Waals surface area contributed by atoms with E-state index in [4.69, 9.17) is 0 Å². The van der Waals surface area contributed by atoms with Crippen LogP contribution in [0.1, 0.15) is 32.3 Å². The van der Waals surface area contributed by atoms with Gasteiger partial charge >= 0.3 is 0 Å². The molecule has 0 fully saturated rings. The topological polar surface area (TPSA) is 33.1 Å². The van der Waals surface area contributed by atoms with E-state index in [1.54, 1.807) is 12.4 Å². The van der Waals surface area contributed by atoms with E-state index in [0.717, 1.165) is 18.4 Å². The summed E-state index contributed by atoms with van der Waals surface area (Å²) in [5.74, 6) is 0. The largest absolute Gasteiger partial charge is 0.381 e. The predicted octanol–water partition coefficient (Wildman–Crippen LogP) is 2.65. The zero-order chi connectivity index (χ0) is 10.9. The minimum absolute atomic E-state index is 0.208. The minimum atomic E-state index is -0.793. The smallest absolute Gasteiger partial charge is 0.108 e. The Bertz CT molecular complexity index is 369. The molecule has 0 unspecified atom stereocenters. The first-order chi connectivity index (χ1) is 7.02. The van der Waals surface area contributed by atoms with Gasteiger partial charge in [0.05, 0.1) is 0 Å². The van der Waals surface area contributed by atoms with Crippen LogP contribution in [0.2, 0.25) is 0 Å². The molecule has 0 radical (unpaired) electrons. The highest BCUT2D eigenvalue weighted by molar-refractivity contribution is 5.27. The molecule has 0 aromatic carbocycles. The predicted molar refractivity (Wildman–Crippen MR) is 60.3 cm³/mol. The van der Waals surface area contributed by atoms with E-state index in [0.29, 0.717) is 0 Å². The summed E-state index contributed by atoms with van der Waals surface area (Å²) in [5.41, 5.74) is 0.349. The SMILES string of the molecule is CC1(C)C=C[C@](O)(c2ccncc2)CC1. The molecule has 1 aromatic rings. The normalized spacial score (nSPS) is 29.0. The summed E-state index contributed by atoms with van der Waals surface area (Å²) in [6, 6.07) is 3.76. The molecule has 1 heterocycles. The van der Waals surface area contributed by atoms with Gasteiger partial charge in [0.25, 0.3) is 0 Å². The average molecular weight is 203 g/mol. The van der Waals surface area contributed by atoms with Gasteiger partial charge in [0.15, 0.2) is 0 Å². The van der Waals surface area contributed by atoms with E-state index in [-0.39, 0.29) is 5.41 Å². The first-order valence-electron chi connectivity index (χ1n) is 5.35. The van der Waals surface area contributed by atoms with Crippen molar-refractivity contribution in [3.8, 4) is 0 Å². The van der Waals surface area contributed by atoms with Crippen molar-refractivity contribution in [3.05, 3.63) is 42.2 Å². The van der Waals surface area contributed by atoms with Crippen LogP contribution in [0, 0.1) is 5.41 Å². The number of hydrogen-bond acceptors (Lipinski definition) is 2. The molecule has 0 amide bonds. The zero-order valence-electron chi connectivity index (χ0n) is 9.27. The molecule has 0 spiro atoms. The summed E-state index contributed by atoms with van der Waals surface area (Å²) in [6.45, 7) is 4.38. The van der Waals surface area contributed by atoms with E-state index < -0.39 is 5.60 Å². The Balaban J connectivity index is 2.31. The average Bonchev–Trinajstić information content (AvgIpc) is 2.24. The number of pyridine rings is 1. The second kappa shape index (κ2) is 3.46. The number of nitrogens with zero attached hydrogens (tertiary/aromatic N) is 1. The monoisotopic (exact) mass is 203 g/mol. The summed E-state index contributed by atoms with van der Waals surface area (Å²) in [7, 11) is 0. The maximum Gasteiger partial charge on any atom is 0.108 e. The Morgan fingerprint density at radius 2 is 1.80 bits per heavy atom. The number of rotatable bonds is 1. The summed E-state index contributed by atoms with van der Waals surface area (Å²) >= 11 is 0. The molecule has 0 saturated carbocycles. The van der Waals surface area contributed by atoms with E-state index in [1.807, 2.05) is 18.2 Å². The van der Waals surface area contributed by atoms with Crippen molar-refractivity contribution >= 4 is 0 Å². The molecule has 2 nitrogen and oxygen atoms in total. The lowest BCUT2D eigenvalue weighted by atomic mass is 9.74. The zero-order valence-corrected chi connectivity index (χ0v) is 9.27. The third-order valence-corrected chi connectivity index (χ3v) is 3.14. The standard InChI is InChI=1S/C13H17NO/c1-12(2)5-7-13(15,8-6-12)11-3-9-14-10-4-11/h3-5,7,9-10,15H,6,8H2,1-2H3/t13-/m1/s1. The van der Waals surface area contributed by atoms with Crippen molar-refractivity contribution in [1.29, 1.82) is 0 Å². The van der Waals surface area contributed by atoms with Crippen molar-refractivity contribution < 1.29 is 5.11 Å². The van der Waals surface area contributed by atoms with Crippen molar-refractivity contribution in [2.75, 3.05) is 0 Å². The maximum absolute atomic E-state index is 10.5. The van der Waals surface area contributed by atoms with E-state index in [9.17, 15) is 5.11 Å². The molecular weight excluding hydrogens is 186 g/mol. The van der Waals surface area contributed by atoms with Gasteiger partial charge < -0.3 is 5.11 Å². The van der Waals surface area contributed by atoms with Crippen LogP contribution in [0.5, 0.6) is 0 Å². The quantitative estimate of drug-likeness (QED) is 0.712. The van der Waals surface area contributed by atoms with Crippen LogP contribution in [0.25, 0.3) is 0 Å². The van der Waals surface area contributed by atoms with Gasteiger partial charge in [-0.15, -0.1) is 0 Å². The van der Waals surface area contributed by atoms with Crippen LogP contribution in [0.3, 0.4) is 0 Å². The van der Waals surface area contributed by atoms with Crippen molar-refractivity contribution in [2.24, 2.45) is 5.41 Å². The fourth-order valence-electron chi connectivity index (χ4n) is 1.92. The van der Waals surface area contributed by atoms with E-state index >= 15 is 0 Å². The molecule has 2 rings (SSSR count). The highest BCUT2D eigenvalue weighted by atomic mass is 16.3. The van der Waals surface area contributed by atoms with Crippen LogP contribution < -0.4 is 0 Å². The van der Waals surface area contributed by atoms with E-state index in [2.05, 4.69) is 24.9 Å². The molecule has 1 aliphatic carbocycles. The third kappa shape index (κ3) is 2.10. The van der Waals surface area contributed by atoms with Crippen LogP contribution in [0.4, 0.5) is 0 Å². The van der Waals surface area contributed by atoms with Gasteiger partial charge in [-0.1, -0.05) is 26.0 Å². The van der Waals surface area contributed by atoms with Gasteiger partial charge in [-0.3, -0.25) is 4.98 Å². The van der Waals surface area contributed by atoms with Gasteiger partial charge in [0.2, 0.25) is 0 Å². The molecule has 0 aliphatic heterocycles. The molecule has 2 heteroatoms. The molecule has 1 aliphatic rings. The van der Waals surface area contributed by atoms with Crippen LogP contribution in [0.15, 0.2) is 36.7 Å². The van der Waals surface area contributed by atoms with Crippen molar-refractivity contribution in [3.63, 3.8) is 0 Å². The lowest BCUT2D eigenvalue weighted by Gasteiger charge is -2.35. The summed E-state index contributed by atoms with van der Waals surface area (Å²) in [4.78, 5) is 3.96. The van der Waals surface area contributed by atoms with Crippen LogP contribution in [-0.2, 0) is 5.60 Å². The molecule has 1 atom stereocenters.